The highest BCUT2D eigenvalue weighted by Crippen LogP contribution is 2.26. The minimum atomic E-state index is -0.428. The molecule has 4 heteroatoms. The molecule has 0 bridgehead atoms. The Hall–Kier alpha value is -2.62. The van der Waals surface area contributed by atoms with Crippen LogP contribution in [-0.2, 0) is 9.59 Å². The predicted molar refractivity (Wildman–Crippen MR) is 107 cm³/mol. The molecule has 138 valence electrons. The van der Waals surface area contributed by atoms with Crippen LogP contribution in [0, 0.1) is 5.41 Å². The second kappa shape index (κ2) is 9.76. The third-order valence-electron chi connectivity index (χ3n) is 4.41. The lowest BCUT2D eigenvalue weighted by Crippen LogP contribution is -2.30. The number of unbranched alkanes of at least 4 members (excludes halogenated alkanes) is 2. The monoisotopic (exact) mass is 352 g/mol. The molecule has 2 aromatic carbocycles. The Morgan fingerprint density at radius 1 is 0.769 bits per heavy atom. The number of anilines is 2. The van der Waals surface area contributed by atoms with Crippen LogP contribution in [0.4, 0.5) is 11.4 Å². The lowest BCUT2D eigenvalue weighted by Gasteiger charge is -2.23. The van der Waals surface area contributed by atoms with E-state index in [1.807, 2.05) is 74.5 Å². The summed E-state index contributed by atoms with van der Waals surface area (Å²) < 4.78 is 0. The zero-order chi connectivity index (χ0) is 18.8. The first kappa shape index (κ1) is 19.7. The van der Waals surface area contributed by atoms with Gasteiger partial charge in [0, 0.05) is 23.2 Å². The number of nitrogens with one attached hydrogen (secondary N) is 2. The van der Waals surface area contributed by atoms with Gasteiger partial charge >= 0.3 is 0 Å². The Morgan fingerprint density at radius 3 is 1.88 bits per heavy atom. The molecule has 0 aliphatic heterocycles. The van der Waals surface area contributed by atoms with Crippen molar-refractivity contribution in [3.05, 3.63) is 60.7 Å². The average molecular weight is 352 g/mol. The van der Waals surface area contributed by atoms with Crippen molar-refractivity contribution in [3.63, 3.8) is 0 Å². The number of amides is 2. The van der Waals surface area contributed by atoms with Crippen molar-refractivity contribution >= 4 is 23.2 Å². The summed E-state index contributed by atoms with van der Waals surface area (Å²) in [7, 11) is 0. The van der Waals surface area contributed by atoms with Gasteiger partial charge in [-0.1, -0.05) is 63.1 Å². The van der Waals surface area contributed by atoms with E-state index in [1.54, 1.807) is 0 Å². The first-order valence-corrected chi connectivity index (χ1v) is 9.19. The maximum atomic E-state index is 12.4. The summed E-state index contributed by atoms with van der Waals surface area (Å²) in [6.45, 7) is 3.93. The van der Waals surface area contributed by atoms with Gasteiger partial charge in [0.2, 0.25) is 11.8 Å². The lowest BCUT2D eigenvalue weighted by molar-refractivity contribution is -0.124. The molecule has 0 saturated heterocycles. The van der Waals surface area contributed by atoms with Crippen molar-refractivity contribution in [3.8, 4) is 0 Å². The molecule has 0 spiro atoms. The van der Waals surface area contributed by atoms with E-state index in [0.29, 0.717) is 6.42 Å². The highest BCUT2D eigenvalue weighted by molar-refractivity contribution is 5.94. The van der Waals surface area contributed by atoms with Gasteiger partial charge in [-0.3, -0.25) is 9.59 Å². The van der Waals surface area contributed by atoms with Crippen LogP contribution in [0.2, 0.25) is 0 Å². The molecule has 2 aromatic rings. The third-order valence-corrected chi connectivity index (χ3v) is 4.41. The number of hydrogen-bond acceptors (Lipinski definition) is 2. The molecule has 0 fully saturated rings. The fourth-order valence-electron chi connectivity index (χ4n) is 2.71. The van der Waals surface area contributed by atoms with E-state index >= 15 is 0 Å². The maximum absolute atomic E-state index is 12.4. The molecule has 0 unspecified atom stereocenters. The summed E-state index contributed by atoms with van der Waals surface area (Å²) in [6.07, 6.45) is 3.99. The molecule has 0 saturated carbocycles. The van der Waals surface area contributed by atoms with Crippen LogP contribution >= 0.6 is 0 Å². The van der Waals surface area contributed by atoms with E-state index in [9.17, 15) is 9.59 Å². The largest absolute Gasteiger partial charge is 0.326 e. The van der Waals surface area contributed by atoms with E-state index in [0.717, 1.165) is 37.1 Å². The SMILES string of the molecule is CC(C)(CCCCCC(=O)Nc1ccccc1)C(=O)Nc1ccccc1. The summed E-state index contributed by atoms with van der Waals surface area (Å²) >= 11 is 0. The minimum absolute atomic E-state index is 0.0329. The van der Waals surface area contributed by atoms with Gasteiger partial charge in [0.05, 0.1) is 0 Å². The van der Waals surface area contributed by atoms with Gasteiger partial charge in [-0.15, -0.1) is 0 Å². The molecule has 0 atom stereocenters. The third kappa shape index (κ3) is 6.71. The minimum Gasteiger partial charge on any atom is -0.326 e. The van der Waals surface area contributed by atoms with E-state index in [2.05, 4.69) is 10.6 Å². The molecular weight excluding hydrogens is 324 g/mol. The number of hydrogen-bond donors (Lipinski definition) is 2. The summed E-state index contributed by atoms with van der Waals surface area (Å²) in [4.78, 5) is 24.3. The predicted octanol–water partition coefficient (Wildman–Crippen LogP) is 5.24. The molecule has 2 amide bonds. The molecule has 0 aliphatic carbocycles. The van der Waals surface area contributed by atoms with Gasteiger partial charge in [0.15, 0.2) is 0 Å². The summed E-state index contributed by atoms with van der Waals surface area (Å²) in [6, 6.07) is 19.0. The van der Waals surface area contributed by atoms with E-state index in [1.165, 1.54) is 0 Å². The molecule has 26 heavy (non-hydrogen) atoms. The second-order valence-electron chi connectivity index (χ2n) is 7.18. The fourth-order valence-corrected chi connectivity index (χ4v) is 2.71. The van der Waals surface area contributed by atoms with Crippen LogP contribution in [0.25, 0.3) is 0 Å². The molecule has 2 N–H and O–H groups in total. The van der Waals surface area contributed by atoms with Crippen LogP contribution in [0.3, 0.4) is 0 Å². The van der Waals surface area contributed by atoms with Gasteiger partial charge < -0.3 is 10.6 Å². The number of rotatable bonds is 9. The average Bonchev–Trinajstić information content (AvgIpc) is 2.63. The highest BCUT2D eigenvalue weighted by Gasteiger charge is 2.26. The normalized spacial score (nSPS) is 11.0. The summed E-state index contributed by atoms with van der Waals surface area (Å²) in [5, 5.41) is 5.86. The zero-order valence-electron chi connectivity index (χ0n) is 15.6. The summed E-state index contributed by atoms with van der Waals surface area (Å²) in [5.74, 6) is 0.0720. The fraction of sp³-hybridized carbons (Fsp3) is 0.364. The van der Waals surface area contributed by atoms with Gasteiger partial charge in [0.25, 0.3) is 0 Å². The molecule has 4 nitrogen and oxygen atoms in total. The first-order valence-electron chi connectivity index (χ1n) is 9.19. The van der Waals surface area contributed by atoms with Crippen molar-refractivity contribution in [1.82, 2.24) is 0 Å². The molecule has 0 aliphatic rings. The van der Waals surface area contributed by atoms with Crippen molar-refractivity contribution < 1.29 is 9.59 Å². The Labute approximate surface area is 156 Å². The smallest absolute Gasteiger partial charge is 0.230 e. The molecular formula is C22H28N2O2. The lowest BCUT2D eigenvalue weighted by atomic mass is 9.85. The number of carbonyl (C=O) groups excluding carboxylic acids is 2. The van der Waals surface area contributed by atoms with E-state index in [-0.39, 0.29) is 11.8 Å². The van der Waals surface area contributed by atoms with Crippen molar-refractivity contribution in [2.75, 3.05) is 10.6 Å². The van der Waals surface area contributed by atoms with Gasteiger partial charge in [0.1, 0.15) is 0 Å². The van der Waals surface area contributed by atoms with Crippen molar-refractivity contribution in [2.24, 2.45) is 5.41 Å². The number of carbonyl (C=O) groups is 2. The van der Waals surface area contributed by atoms with Crippen LogP contribution in [0.1, 0.15) is 46.0 Å². The molecule has 0 aromatic heterocycles. The Bertz CT molecular complexity index is 697. The Morgan fingerprint density at radius 2 is 1.31 bits per heavy atom. The van der Waals surface area contributed by atoms with Crippen LogP contribution in [0.15, 0.2) is 60.7 Å². The highest BCUT2D eigenvalue weighted by atomic mass is 16.2. The standard InChI is InChI=1S/C22H28N2O2/c1-22(2,21(26)24-19-14-8-4-9-15-19)17-11-5-10-16-20(25)23-18-12-6-3-7-13-18/h3-4,6-9,12-15H,5,10-11,16-17H2,1-2H3,(H,23,25)(H,24,26). The van der Waals surface area contributed by atoms with Gasteiger partial charge in [-0.25, -0.2) is 0 Å². The Balaban J connectivity index is 1.65. The zero-order valence-corrected chi connectivity index (χ0v) is 15.6. The van der Waals surface area contributed by atoms with Gasteiger partial charge in [-0.2, -0.15) is 0 Å². The van der Waals surface area contributed by atoms with Crippen molar-refractivity contribution in [1.29, 1.82) is 0 Å². The van der Waals surface area contributed by atoms with Crippen LogP contribution in [0.5, 0.6) is 0 Å². The quantitative estimate of drug-likeness (QED) is 0.606. The Kier molecular flexibility index (Phi) is 7.39. The number of benzene rings is 2. The van der Waals surface area contributed by atoms with E-state index < -0.39 is 5.41 Å². The first-order chi connectivity index (χ1) is 12.5. The molecule has 2 rings (SSSR count). The summed E-state index contributed by atoms with van der Waals surface area (Å²) in [5.41, 5.74) is 1.22. The van der Waals surface area contributed by atoms with Crippen molar-refractivity contribution in [2.45, 2.75) is 46.0 Å². The molecule has 0 heterocycles. The molecule has 0 radical (unpaired) electrons. The topological polar surface area (TPSA) is 58.2 Å². The van der Waals surface area contributed by atoms with Crippen LogP contribution in [-0.4, -0.2) is 11.8 Å². The maximum Gasteiger partial charge on any atom is 0.230 e. The van der Waals surface area contributed by atoms with Gasteiger partial charge in [-0.05, 0) is 37.1 Å². The number of para-hydroxylation sites is 2. The van der Waals surface area contributed by atoms with E-state index in [4.69, 9.17) is 0 Å². The van der Waals surface area contributed by atoms with Crippen LogP contribution < -0.4 is 10.6 Å². The second-order valence-corrected chi connectivity index (χ2v) is 7.18.